The molecule has 1 aliphatic heterocycles. The highest BCUT2D eigenvalue weighted by Crippen LogP contribution is 2.39. The predicted molar refractivity (Wildman–Crippen MR) is 135 cm³/mol. The van der Waals surface area contributed by atoms with Gasteiger partial charge in [0, 0.05) is 21.7 Å². The van der Waals surface area contributed by atoms with Gasteiger partial charge in [-0.25, -0.2) is 4.98 Å². The van der Waals surface area contributed by atoms with Crippen molar-refractivity contribution in [3.8, 4) is 0 Å². The van der Waals surface area contributed by atoms with Crippen LogP contribution in [0, 0.1) is 3.57 Å². The van der Waals surface area contributed by atoms with E-state index in [2.05, 4.69) is 91.8 Å². The lowest BCUT2D eigenvalue weighted by Gasteiger charge is -2.23. The number of hydrogen-bond acceptors (Lipinski definition) is 4. The second-order valence-electron chi connectivity index (χ2n) is 7.15. The number of hydrogen-bond donors (Lipinski definition) is 2. The molecule has 152 valence electrons. The SMILES string of the molecule is O=C(Nc1ccc(N2C=CCNc3c2ccc2ccccc32)cn1)c1ccccc1I. The second kappa shape index (κ2) is 8.39. The fourth-order valence-corrected chi connectivity index (χ4v) is 4.33. The molecular formula is C25H19IN4O. The summed E-state index contributed by atoms with van der Waals surface area (Å²) in [5.74, 6) is 0.352. The van der Waals surface area contributed by atoms with Gasteiger partial charge < -0.3 is 15.5 Å². The van der Waals surface area contributed by atoms with Crippen LogP contribution in [0.25, 0.3) is 10.8 Å². The van der Waals surface area contributed by atoms with Crippen LogP contribution in [0.1, 0.15) is 10.4 Å². The molecule has 0 saturated heterocycles. The summed E-state index contributed by atoms with van der Waals surface area (Å²) in [7, 11) is 0. The number of nitrogens with one attached hydrogen (secondary N) is 2. The van der Waals surface area contributed by atoms with Crippen LogP contribution in [0.5, 0.6) is 0 Å². The Morgan fingerprint density at radius 1 is 1.00 bits per heavy atom. The highest BCUT2D eigenvalue weighted by Gasteiger charge is 2.17. The summed E-state index contributed by atoms with van der Waals surface area (Å²) in [4.78, 5) is 19.2. The van der Waals surface area contributed by atoms with Crippen LogP contribution in [-0.4, -0.2) is 17.4 Å². The van der Waals surface area contributed by atoms with Crippen molar-refractivity contribution in [3.05, 3.63) is 100 Å². The van der Waals surface area contributed by atoms with Gasteiger partial charge in [-0.05, 0) is 64.4 Å². The van der Waals surface area contributed by atoms with Crippen molar-refractivity contribution in [3.63, 3.8) is 0 Å². The average molecular weight is 518 g/mol. The van der Waals surface area contributed by atoms with Crippen molar-refractivity contribution < 1.29 is 4.79 Å². The third kappa shape index (κ3) is 3.86. The first-order chi connectivity index (χ1) is 15.2. The van der Waals surface area contributed by atoms with Crippen molar-refractivity contribution in [2.45, 2.75) is 0 Å². The standard InChI is InChI=1S/C25H19IN4O/c26-21-9-4-3-8-20(21)25(31)29-23-13-11-18(16-28-23)30-15-5-14-27-24-19-7-2-1-6-17(19)10-12-22(24)30/h1-13,15-16,27H,14H2,(H,28,29,31). The summed E-state index contributed by atoms with van der Waals surface area (Å²) in [6, 6.07) is 23.9. The third-order valence-corrected chi connectivity index (χ3v) is 6.14. The minimum atomic E-state index is -0.166. The fraction of sp³-hybridized carbons (Fsp3) is 0.0400. The smallest absolute Gasteiger partial charge is 0.257 e. The van der Waals surface area contributed by atoms with E-state index >= 15 is 0 Å². The molecule has 0 aliphatic carbocycles. The van der Waals surface area contributed by atoms with Crippen molar-refractivity contribution in [2.75, 3.05) is 22.1 Å². The van der Waals surface area contributed by atoms with Gasteiger partial charge in [0.1, 0.15) is 5.82 Å². The molecule has 2 heterocycles. The number of carbonyl (C=O) groups excluding carboxylic acids is 1. The van der Waals surface area contributed by atoms with Crippen molar-refractivity contribution in [1.82, 2.24) is 4.98 Å². The van der Waals surface area contributed by atoms with E-state index in [1.165, 1.54) is 10.8 Å². The summed E-state index contributed by atoms with van der Waals surface area (Å²) < 4.78 is 0.903. The molecule has 1 aromatic heterocycles. The Morgan fingerprint density at radius 2 is 1.84 bits per heavy atom. The number of benzene rings is 3. The molecule has 2 N–H and O–H groups in total. The van der Waals surface area contributed by atoms with Crippen LogP contribution < -0.4 is 15.5 Å². The monoisotopic (exact) mass is 518 g/mol. The number of nitrogens with zero attached hydrogens (tertiary/aromatic N) is 2. The Bertz CT molecular complexity index is 1300. The maximum absolute atomic E-state index is 12.6. The highest BCUT2D eigenvalue weighted by atomic mass is 127. The van der Waals surface area contributed by atoms with Gasteiger partial charge in [-0.15, -0.1) is 0 Å². The van der Waals surface area contributed by atoms with E-state index in [9.17, 15) is 4.79 Å². The molecule has 0 unspecified atom stereocenters. The molecular weight excluding hydrogens is 499 g/mol. The molecule has 3 aromatic carbocycles. The summed E-state index contributed by atoms with van der Waals surface area (Å²) in [5.41, 5.74) is 3.71. The molecule has 5 rings (SSSR count). The molecule has 31 heavy (non-hydrogen) atoms. The lowest BCUT2D eigenvalue weighted by Crippen LogP contribution is -2.15. The zero-order chi connectivity index (χ0) is 21.2. The fourth-order valence-electron chi connectivity index (χ4n) is 3.70. The Morgan fingerprint density at radius 3 is 2.68 bits per heavy atom. The maximum atomic E-state index is 12.6. The Balaban J connectivity index is 1.44. The number of pyridine rings is 1. The highest BCUT2D eigenvalue weighted by molar-refractivity contribution is 14.1. The van der Waals surface area contributed by atoms with Crippen molar-refractivity contribution in [2.24, 2.45) is 0 Å². The molecule has 0 atom stereocenters. The first-order valence-electron chi connectivity index (χ1n) is 9.94. The normalized spacial score (nSPS) is 12.7. The topological polar surface area (TPSA) is 57.3 Å². The summed E-state index contributed by atoms with van der Waals surface area (Å²) in [6.07, 6.45) is 5.91. The molecule has 5 nitrogen and oxygen atoms in total. The van der Waals surface area contributed by atoms with Crippen LogP contribution in [-0.2, 0) is 0 Å². The quantitative estimate of drug-likeness (QED) is 0.319. The molecule has 1 amide bonds. The largest absolute Gasteiger partial charge is 0.379 e. The van der Waals surface area contributed by atoms with Gasteiger partial charge >= 0.3 is 0 Å². The molecule has 4 aromatic rings. The van der Waals surface area contributed by atoms with Crippen LogP contribution in [0.15, 0.2) is 91.3 Å². The number of rotatable bonds is 3. The lowest BCUT2D eigenvalue weighted by atomic mass is 10.1. The van der Waals surface area contributed by atoms with Crippen LogP contribution in [0.4, 0.5) is 22.9 Å². The minimum absolute atomic E-state index is 0.166. The summed E-state index contributed by atoms with van der Waals surface area (Å²) >= 11 is 2.16. The van der Waals surface area contributed by atoms with E-state index in [1.807, 2.05) is 36.4 Å². The van der Waals surface area contributed by atoms with Gasteiger partial charge in [0.15, 0.2) is 0 Å². The summed E-state index contributed by atoms with van der Waals surface area (Å²) in [5, 5.41) is 8.78. The zero-order valence-electron chi connectivity index (χ0n) is 16.5. The van der Waals surface area contributed by atoms with Crippen molar-refractivity contribution >= 4 is 62.2 Å². The molecule has 0 radical (unpaired) electrons. The Kier molecular flexibility index (Phi) is 5.30. The number of anilines is 4. The molecule has 6 heteroatoms. The van der Waals surface area contributed by atoms with Gasteiger partial charge in [0.25, 0.3) is 5.91 Å². The van der Waals surface area contributed by atoms with Crippen LogP contribution in [0.2, 0.25) is 0 Å². The van der Waals surface area contributed by atoms with E-state index in [0.717, 1.165) is 27.2 Å². The van der Waals surface area contributed by atoms with Crippen LogP contribution >= 0.6 is 22.6 Å². The average Bonchev–Trinajstić information content (AvgIpc) is 3.03. The second-order valence-corrected chi connectivity index (χ2v) is 8.31. The predicted octanol–water partition coefficient (Wildman–Crippen LogP) is 6.17. The first-order valence-corrected chi connectivity index (χ1v) is 11.0. The Labute approximate surface area is 193 Å². The third-order valence-electron chi connectivity index (χ3n) is 5.20. The lowest BCUT2D eigenvalue weighted by molar-refractivity contribution is 0.102. The van der Waals surface area contributed by atoms with Gasteiger partial charge in [-0.1, -0.05) is 42.5 Å². The van der Waals surface area contributed by atoms with Gasteiger partial charge in [0.2, 0.25) is 0 Å². The molecule has 0 spiro atoms. The van der Waals surface area contributed by atoms with E-state index in [4.69, 9.17) is 0 Å². The maximum Gasteiger partial charge on any atom is 0.257 e. The minimum Gasteiger partial charge on any atom is -0.379 e. The van der Waals surface area contributed by atoms with E-state index < -0.39 is 0 Å². The Hall–Kier alpha value is -3.39. The van der Waals surface area contributed by atoms with Gasteiger partial charge in [0.05, 0.1) is 28.8 Å². The number of amides is 1. The van der Waals surface area contributed by atoms with E-state index in [0.29, 0.717) is 11.4 Å². The van der Waals surface area contributed by atoms with E-state index in [-0.39, 0.29) is 5.91 Å². The molecule has 1 aliphatic rings. The van der Waals surface area contributed by atoms with Crippen LogP contribution in [0.3, 0.4) is 0 Å². The van der Waals surface area contributed by atoms with Gasteiger partial charge in [-0.3, -0.25) is 4.79 Å². The molecule has 0 saturated carbocycles. The number of fused-ring (bicyclic) bond motifs is 3. The molecule has 0 fully saturated rings. The summed E-state index contributed by atoms with van der Waals surface area (Å²) in [6.45, 7) is 0.745. The van der Waals surface area contributed by atoms with Gasteiger partial charge in [-0.2, -0.15) is 0 Å². The number of carbonyl (C=O) groups is 1. The number of halogens is 1. The van der Waals surface area contributed by atoms with E-state index in [1.54, 1.807) is 6.20 Å². The number of aromatic nitrogens is 1. The molecule has 0 bridgehead atoms. The zero-order valence-corrected chi connectivity index (χ0v) is 18.7. The first kappa shape index (κ1) is 19.6. The van der Waals surface area contributed by atoms with Crippen molar-refractivity contribution in [1.29, 1.82) is 0 Å².